The van der Waals surface area contributed by atoms with Gasteiger partial charge in [-0.3, -0.25) is 0 Å². The predicted molar refractivity (Wildman–Crippen MR) is 74.7 cm³/mol. The van der Waals surface area contributed by atoms with Crippen LogP contribution in [0.2, 0.25) is 5.02 Å². The quantitative estimate of drug-likeness (QED) is 0.768. The van der Waals surface area contributed by atoms with Gasteiger partial charge in [-0.1, -0.05) is 23.7 Å². The molecule has 0 heterocycles. The number of nitrogens with zero attached hydrogens (tertiary/aromatic N) is 1. The van der Waals surface area contributed by atoms with E-state index in [0.717, 1.165) is 5.56 Å². The Morgan fingerprint density at radius 1 is 1.35 bits per heavy atom. The average Bonchev–Trinajstić information content (AvgIpc) is 2.43. The molecule has 0 aliphatic heterocycles. The number of aliphatic hydroxyl groups excluding tert-OH is 1. The van der Waals surface area contributed by atoms with Crippen LogP contribution >= 0.6 is 11.6 Å². The Bertz CT molecular complexity index is 478. The maximum absolute atomic E-state index is 11.9. The van der Waals surface area contributed by atoms with E-state index >= 15 is 0 Å². The molecule has 20 heavy (non-hydrogen) atoms. The number of carboxylic acids is 1. The van der Waals surface area contributed by atoms with Crippen molar-refractivity contribution < 1.29 is 19.8 Å². The molecule has 1 aromatic carbocycles. The van der Waals surface area contributed by atoms with Crippen LogP contribution in [-0.4, -0.2) is 46.8 Å². The van der Waals surface area contributed by atoms with E-state index < -0.39 is 24.6 Å². The second-order valence-corrected chi connectivity index (χ2v) is 4.80. The van der Waals surface area contributed by atoms with E-state index in [2.05, 4.69) is 5.32 Å². The molecule has 0 fully saturated rings. The number of carboxylic acid groups (broad SMARTS) is 1. The topological polar surface area (TPSA) is 89.9 Å². The largest absolute Gasteiger partial charge is 0.480 e. The molecule has 0 aromatic heterocycles. The molecule has 0 radical (unpaired) electrons. The van der Waals surface area contributed by atoms with Gasteiger partial charge in [-0.05, 0) is 24.6 Å². The number of carbonyl (C=O) groups excluding carboxylic acids is 1. The zero-order valence-corrected chi connectivity index (χ0v) is 12.0. The second kappa shape index (κ2) is 7.12. The van der Waals surface area contributed by atoms with E-state index in [0.29, 0.717) is 5.02 Å². The summed E-state index contributed by atoms with van der Waals surface area (Å²) in [5.41, 5.74) is 0.864. The van der Waals surface area contributed by atoms with E-state index in [1.54, 1.807) is 38.2 Å². The highest BCUT2D eigenvalue weighted by atomic mass is 35.5. The summed E-state index contributed by atoms with van der Waals surface area (Å²) in [5.74, 6) is -1.28. The van der Waals surface area contributed by atoms with Crippen LogP contribution in [0, 0.1) is 0 Å². The van der Waals surface area contributed by atoms with Gasteiger partial charge >= 0.3 is 12.0 Å². The van der Waals surface area contributed by atoms with Crippen molar-refractivity contribution in [2.75, 3.05) is 13.7 Å². The van der Waals surface area contributed by atoms with Crippen LogP contribution < -0.4 is 5.32 Å². The first-order chi connectivity index (χ1) is 9.36. The molecule has 3 N–H and O–H groups in total. The minimum absolute atomic E-state index is 0.264. The fourth-order valence-electron chi connectivity index (χ4n) is 1.58. The number of hydrogen-bond acceptors (Lipinski definition) is 3. The lowest BCUT2D eigenvalue weighted by Crippen LogP contribution is -2.48. The van der Waals surface area contributed by atoms with Gasteiger partial charge in [0, 0.05) is 12.1 Å². The summed E-state index contributed by atoms with van der Waals surface area (Å²) >= 11 is 5.80. The number of nitrogens with one attached hydrogen (secondary N) is 1. The molecular weight excluding hydrogens is 284 g/mol. The predicted octanol–water partition coefficient (Wildman–Crippen LogP) is 1.49. The van der Waals surface area contributed by atoms with Gasteiger partial charge in [-0.25, -0.2) is 9.59 Å². The van der Waals surface area contributed by atoms with E-state index in [-0.39, 0.29) is 6.04 Å². The van der Waals surface area contributed by atoms with Crippen molar-refractivity contribution in [3.63, 3.8) is 0 Å². The Morgan fingerprint density at radius 2 is 1.90 bits per heavy atom. The molecule has 0 saturated carbocycles. The number of hydrogen-bond donors (Lipinski definition) is 3. The van der Waals surface area contributed by atoms with Gasteiger partial charge in [0.05, 0.1) is 12.6 Å². The Hall–Kier alpha value is -1.79. The van der Waals surface area contributed by atoms with Crippen molar-refractivity contribution in [3.05, 3.63) is 34.9 Å². The highest BCUT2D eigenvalue weighted by Crippen LogP contribution is 2.20. The van der Waals surface area contributed by atoms with E-state index in [4.69, 9.17) is 21.8 Å². The Morgan fingerprint density at radius 3 is 2.35 bits per heavy atom. The van der Waals surface area contributed by atoms with Gasteiger partial charge in [0.25, 0.3) is 0 Å². The molecule has 2 atom stereocenters. The Balaban J connectivity index is 2.73. The number of aliphatic carboxylic acids is 1. The molecule has 0 bridgehead atoms. The molecule has 2 amide bonds. The number of amides is 2. The fraction of sp³-hybridized carbons (Fsp3) is 0.385. The van der Waals surface area contributed by atoms with Gasteiger partial charge in [0.15, 0.2) is 6.04 Å². The molecule has 6 nitrogen and oxygen atoms in total. The summed E-state index contributed by atoms with van der Waals surface area (Å²) in [5, 5.41) is 20.5. The van der Waals surface area contributed by atoms with Gasteiger partial charge in [0.1, 0.15) is 0 Å². The molecule has 1 rings (SSSR count). The first-order valence-corrected chi connectivity index (χ1v) is 6.37. The summed E-state index contributed by atoms with van der Waals surface area (Å²) in [4.78, 5) is 24.0. The second-order valence-electron chi connectivity index (χ2n) is 4.36. The van der Waals surface area contributed by atoms with Crippen molar-refractivity contribution in [2.24, 2.45) is 0 Å². The lowest BCUT2D eigenvalue weighted by Gasteiger charge is -2.26. The van der Waals surface area contributed by atoms with Gasteiger partial charge < -0.3 is 20.4 Å². The maximum atomic E-state index is 11.9. The first kappa shape index (κ1) is 16.3. The maximum Gasteiger partial charge on any atom is 0.328 e. The van der Waals surface area contributed by atoms with E-state index in [1.165, 1.54) is 4.90 Å². The van der Waals surface area contributed by atoms with Crippen LogP contribution in [-0.2, 0) is 4.79 Å². The van der Waals surface area contributed by atoms with Gasteiger partial charge in [-0.15, -0.1) is 0 Å². The molecule has 0 saturated heterocycles. The number of aliphatic hydroxyl groups is 1. The molecule has 1 aromatic rings. The van der Waals surface area contributed by atoms with Crippen LogP contribution in [0.25, 0.3) is 0 Å². The lowest BCUT2D eigenvalue weighted by atomic mass is 10.1. The zero-order chi connectivity index (χ0) is 15.3. The molecule has 110 valence electrons. The van der Waals surface area contributed by atoms with Crippen molar-refractivity contribution in [2.45, 2.75) is 19.0 Å². The summed E-state index contributed by atoms with van der Waals surface area (Å²) in [6, 6.07) is 4.85. The van der Waals surface area contributed by atoms with E-state index in [1.807, 2.05) is 0 Å². The first-order valence-electron chi connectivity index (χ1n) is 5.99. The Labute approximate surface area is 122 Å². The fourth-order valence-corrected chi connectivity index (χ4v) is 1.70. The SMILES string of the molecule is CC(c1ccc(Cl)cc1)N(C)C(=O)N[C@H](CO)C(=O)O. The number of carbonyl (C=O) groups is 2. The van der Waals surface area contributed by atoms with Gasteiger partial charge in [-0.2, -0.15) is 0 Å². The smallest absolute Gasteiger partial charge is 0.328 e. The molecule has 0 spiro atoms. The number of urea groups is 1. The van der Waals surface area contributed by atoms with Crippen molar-refractivity contribution in [3.8, 4) is 0 Å². The summed E-state index contributed by atoms with van der Waals surface area (Å²) in [6.45, 7) is 1.14. The summed E-state index contributed by atoms with van der Waals surface area (Å²) in [7, 11) is 1.55. The number of halogens is 1. The number of benzene rings is 1. The van der Waals surface area contributed by atoms with Crippen LogP contribution in [0.5, 0.6) is 0 Å². The van der Waals surface area contributed by atoms with Gasteiger partial charge in [0.2, 0.25) is 0 Å². The molecule has 0 aliphatic rings. The van der Waals surface area contributed by atoms with Crippen LogP contribution in [0.3, 0.4) is 0 Å². The molecular formula is C13H17ClN2O4. The minimum Gasteiger partial charge on any atom is -0.480 e. The highest BCUT2D eigenvalue weighted by Gasteiger charge is 2.23. The standard InChI is InChI=1S/C13H17ClN2O4/c1-8(9-3-5-10(14)6-4-9)16(2)13(20)15-11(7-17)12(18)19/h3-6,8,11,17H,7H2,1-2H3,(H,15,20)(H,18,19)/t8?,11-/m1/s1. The van der Waals surface area contributed by atoms with E-state index in [9.17, 15) is 9.59 Å². The highest BCUT2D eigenvalue weighted by molar-refractivity contribution is 6.30. The lowest BCUT2D eigenvalue weighted by molar-refractivity contribution is -0.140. The molecule has 0 aliphatic carbocycles. The third-order valence-corrected chi connectivity index (χ3v) is 3.28. The third kappa shape index (κ3) is 4.11. The normalized spacial score (nSPS) is 13.4. The van der Waals surface area contributed by atoms with Crippen molar-refractivity contribution in [1.29, 1.82) is 0 Å². The van der Waals surface area contributed by atoms with Crippen molar-refractivity contribution >= 4 is 23.6 Å². The molecule has 1 unspecified atom stereocenters. The Kier molecular flexibility index (Phi) is 5.79. The van der Waals surface area contributed by atoms with Crippen LogP contribution in [0.1, 0.15) is 18.5 Å². The molecule has 7 heteroatoms. The number of rotatable bonds is 5. The third-order valence-electron chi connectivity index (χ3n) is 3.03. The van der Waals surface area contributed by atoms with Crippen LogP contribution in [0.15, 0.2) is 24.3 Å². The minimum atomic E-state index is -1.32. The monoisotopic (exact) mass is 300 g/mol. The summed E-state index contributed by atoms with van der Waals surface area (Å²) < 4.78 is 0. The average molecular weight is 301 g/mol. The summed E-state index contributed by atoms with van der Waals surface area (Å²) in [6.07, 6.45) is 0. The van der Waals surface area contributed by atoms with Crippen LogP contribution in [0.4, 0.5) is 4.79 Å². The zero-order valence-electron chi connectivity index (χ0n) is 11.2. The van der Waals surface area contributed by atoms with Crippen molar-refractivity contribution in [1.82, 2.24) is 10.2 Å².